The monoisotopic (exact) mass is 465 g/mol. The zero-order valence-electron chi connectivity index (χ0n) is 20.1. The number of benzene rings is 1. The number of aromatic nitrogens is 4. The molecule has 5 rings (SSSR count). The van der Waals surface area contributed by atoms with Crippen molar-refractivity contribution < 1.29 is 13.9 Å². The molecular formula is C25H28FN5O3. The summed E-state index contributed by atoms with van der Waals surface area (Å²) < 4.78 is 30.7. The molecule has 1 aliphatic heterocycles. The standard InChI is InChI=1S/C25H28FN5O3/c1-25(2)14-34-23-20(15-7-8-19(28-12-15)33-10-6-9-29(3)4)16(26)11-17-21(23)22-18(13-27-17)30(5)24(32)31(22)25/h7-8,11-13H,6,9-10,14H2,1-5H3. The first-order valence-electron chi connectivity index (χ1n) is 11.3. The van der Waals surface area contributed by atoms with Crippen LogP contribution in [0.3, 0.4) is 0 Å². The highest BCUT2D eigenvalue weighted by Gasteiger charge is 2.34. The Bertz CT molecular complexity index is 1450. The molecular weight excluding hydrogens is 437 g/mol. The molecule has 0 fully saturated rings. The van der Waals surface area contributed by atoms with Gasteiger partial charge in [0.15, 0.2) is 0 Å². The summed E-state index contributed by atoms with van der Waals surface area (Å²) in [5.41, 5.74) is 1.88. The van der Waals surface area contributed by atoms with Gasteiger partial charge in [0.05, 0.1) is 45.8 Å². The maximum atomic E-state index is 15.5. The zero-order chi connectivity index (χ0) is 24.2. The zero-order valence-corrected chi connectivity index (χ0v) is 20.1. The van der Waals surface area contributed by atoms with E-state index in [1.165, 1.54) is 6.07 Å². The molecule has 0 aliphatic carbocycles. The van der Waals surface area contributed by atoms with Gasteiger partial charge in [-0.25, -0.2) is 14.2 Å². The lowest BCUT2D eigenvalue weighted by molar-refractivity contribution is 0.189. The van der Waals surface area contributed by atoms with Gasteiger partial charge in [0.25, 0.3) is 0 Å². The van der Waals surface area contributed by atoms with E-state index in [9.17, 15) is 4.79 Å². The smallest absolute Gasteiger partial charge is 0.329 e. The topological polar surface area (TPSA) is 74.4 Å². The number of nitrogens with zero attached hydrogens (tertiary/aromatic N) is 5. The minimum absolute atomic E-state index is 0.158. The molecule has 0 unspecified atom stereocenters. The largest absolute Gasteiger partial charge is 0.490 e. The van der Waals surface area contributed by atoms with Crippen LogP contribution in [-0.2, 0) is 12.6 Å². The lowest BCUT2D eigenvalue weighted by Crippen LogP contribution is -2.40. The van der Waals surface area contributed by atoms with Crippen molar-refractivity contribution in [3.05, 3.63) is 46.9 Å². The molecule has 3 aromatic heterocycles. The van der Waals surface area contributed by atoms with Crippen LogP contribution in [0.5, 0.6) is 11.6 Å². The van der Waals surface area contributed by atoms with Gasteiger partial charge in [-0.05, 0) is 40.4 Å². The maximum Gasteiger partial charge on any atom is 0.329 e. The summed E-state index contributed by atoms with van der Waals surface area (Å²) in [6.07, 6.45) is 4.09. The Hall–Kier alpha value is -3.46. The Kier molecular flexibility index (Phi) is 5.31. The Morgan fingerprint density at radius 1 is 1.24 bits per heavy atom. The van der Waals surface area contributed by atoms with Crippen molar-refractivity contribution in [2.75, 3.05) is 33.9 Å². The molecule has 0 bridgehead atoms. The average Bonchev–Trinajstić information content (AvgIpc) is 2.98. The van der Waals surface area contributed by atoms with Crippen LogP contribution in [0.2, 0.25) is 0 Å². The number of imidazole rings is 1. The van der Waals surface area contributed by atoms with Crippen molar-refractivity contribution in [2.45, 2.75) is 25.8 Å². The Balaban J connectivity index is 1.64. The molecule has 0 radical (unpaired) electrons. The van der Waals surface area contributed by atoms with Crippen LogP contribution in [-0.4, -0.2) is 57.9 Å². The number of halogens is 1. The van der Waals surface area contributed by atoms with E-state index in [0.717, 1.165) is 13.0 Å². The van der Waals surface area contributed by atoms with Gasteiger partial charge < -0.3 is 14.4 Å². The Morgan fingerprint density at radius 3 is 2.74 bits per heavy atom. The molecule has 0 saturated carbocycles. The molecule has 34 heavy (non-hydrogen) atoms. The van der Waals surface area contributed by atoms with Crippen molar-refractivity contribution in [1.29, 1.82) is 0 Å². The van der Waals surface area contributed by atoms with E-state index >= 15 is 4.39 Å². The van der Waals surface area contributed by atoms with Crippen LogP contribution in [0, 0.1) is 5.82 Å². The van der Waals surface area contributed by atoms with Gasteiger partial charge in [0, 0.05) is 37.5 Å². The summed E-state index contributed by atoms with van der Waals surface area (Å²) in [6, 6.07) is 4.90. The van der Waals surface area contributed by atoms with Gasteiger partial charge >= 0.3 is 5.69 Å². The second kappa shape index (κ2) is 8.09. The highest BCUT2D eigenvalue weighted by Crippen LogP contribution is 2.44. The van der Waals surface area contributed by atoms with E-state index < -0.39 is 11.4 Å². The molecule has 8 nitrogen and oxygen atoms in total. The van der Waals surface area contributed by atoms with Gasteiger partial charge in [0.2, 0.25) is 5.88 Å². The predicted octanol–water partition coefficient (Wildman–Crippen LogP) is 3.55. The fraction of sp³-hybridized carbons (Fsp3) is 0.400. The molecule has 178 valence electrons. The van der Waals surface area contributed by atoms with Crippen LogP contribution < -0.4 is 15.2 Å². The van der Waals surface area contributed by atoms with E-state index in [-0.39, 0.29) is 12.3 Å². The summed E-state index contributed by atoms with van der Waals surface area (Å²) in [6.45, 7) is 5.54. The van der Waals surface area contributed by atoms with Gasteiger partial charge in [-0.2, -0.15) is 0 Å². The third-order valence-corrected chi connectivity index (χ3v) is 6.28. The van der Waals surface area contributed by atoms with E-state index in [4.69, 9.17) is 9.47 Å². The third-order valence-electron chi connectivity index (χ3n) is 6.28. The minimum atomic E-state index is -0.639. The Labute approximate surface area is 196 Å². The molecule has 4 heterocycles. The van der Waals surface area contributed by atoms with Crippen LogP contribution in [0.15, 0.2) is 35.4 Å². The fourth-order valence-electron chi connectivity index (χ4n) is 4.54. The number of aryl methyl sites for hydroxylation is 1. The third kappa shape index (κ3) is 3.51. The average molecular weight is 466 g/mol. The molecule has 0 saturated heterocycles. The van der Waals surface area contributed by atoms with Crippen molar-refractivity contribution in [2.24, 2.45) is 7.05 Å². The first-order valence-corrected chi connectivity index (χ1v) is 11.3. The summed E-state index contributed by atoms with van der Waals surface area (Å²) in [5, 5.41) is 0.626. The van der Waals surface area contributed by atoms with Crippen LogP contribution in [0.4, 0.5) is 4.39 Å². The predicted molar refractivity (Wildman–Crippen MR) is 129 cm³/mol. The normalized spacial score (nSPS) is 14.7. The molecule has 0 atom stereocenters. The molecule has 0 amide bonds. The summed E-state index contributed by atoms with van der Waals surface area (Å²) in [7, 11) is 5.75. The van der Waals surface area contributed by atoms with Gasteiger partial charge in [0.1, 0.15) is 18.2 Å². The second-order valence-corrected chi connectivity index (χ2v) is 9.62. The number of hydrogen-bond acceptors (Lipinski definition) is 6. The van der Waals surface area contributed by atoms with E-state index in [1.54, 1.807) is 40.7 Å². The first kappa shape index (κ1) is 22.3. The number of rotatable bonds is 6. The summed E-state index contributed by atoms with van der Waals surface area (Å²) in [4.78, 5) is 24.0. The maximum absolute atomic E-state index is 15.5. The van der Waals surface area contributed by atoms with Crippen molar-refractivity contribution in [1.82, 2.24) is 24.0 Å². The van der Waals surface area contributed by atoms with Crippen LogP contribution in [0.25, 0.3) is 33.1 Å². The number of pyridine rings is 2. The number of ether oxygens (including phenoxy) is 2. The van der Waals surface area contributed by atoms with Gasteiger partial charge in [-0.1, -0.05) is 0 Å². The van der Waals surface area contributed by atoms with Gasteiger partial charge in [-0.3, -0.25) is 14.1 Å². The summed E-state index contributed by atoms with van der Waals surface area (Å²) >= 11 is 0. The fourth-order valence-corrected chi connectivity index (χ4v) is 4.54. The molecule has 1 aliphatic rings. The molecule has 4 aromatic rings. The molecule has 1 aromatic carbocycles. The molecule has 0 N–H and O–H groups in total. The highest BCUT2D eigenvalue weighted by molar-refractivity contribution is 6.09. The second-order valence-electron chi connectivity index (χ2n) is 9.62. The van der Waals surface area contributed by atoms with Crippen LogP contribution >= 0.6 is 0 Å². The van der Waals surface area contributed by atoms with Crippen molar-refractivity contribution in [3.63, 3.8) is 0 Å². The van der Waals surface area contributed by atoms with E-state index in [0.29, 0.717) is 51.3 Å². The van der Waals surface area contributed by atoms with Gasteiger partial charge in [-0.15, -0.1) is 0 Å². The van der Waals surface area contributed by atoms with Crippen molar-refractivity contribution >= 4 is 21.9 Å². The SMILES string of the molecule is CN(C)CCCOc1ccc(-c2c(F)cc3ncc4c5c3c2OCC(C)(C)n5c(=O)n4C)cn1. The number of hydrogen-bond donors (Lipinski definition) is 0. The molecule has 0 spiro atoms. The highest BCUT2D eigenvalue weighted by atomic mass is 19.1. The van der Waals surface area contributed by atoms with Crippen LogP contribution in [0.1, 0.15) is 20.3 Å². The minimum Gasteiger partial charge on any atom is -0.490 e. The Morgan fingerprint density at radius 2 is 2.03 bits per heavy atom. The quantitative estimate of drug-likeness (QED) is 0.406. The van der Waals surface area contributed by atoms with E-state index in [2.05, 4.69) is 14.9 Å². The van der Waals surface area contributed by atoms with Crippen molar-refractivity contribution in [3.8, 4) is 22.8 Å². The first-order chi connectivity index (χ1) is 16.2. The lowest BCUT2D eigenvalue weighted by Gasteiger charge is -2.24. The summed E-state index contributed by atoms with van der Waals surface area (Å²) in [5.74, 6) is 0.400. The lowest BCUT2D eigenvalue weighted by atomic mass is 10.0. The molecule has 9 heteroatoms. The van der Waals surface area contributed by atoms with E-state index in [1.807, 2.05) is 27.9 Å².